The van der Waals surface area contributed by atoms with Crippen LogP contribution in [0.4, 0.5) is 5.69 Å². The lowest BCUT2D eigenvalue weighted by molar-refractivity contribution is -0.121. The number of hydrogen-bond acceptors (Lipinski definition) is 6. The summed E-state index contributed by atoms with van der Waals surface area (Å²) in [7, 11) is 1.64. The summed E-state index contributed by atoms with van der Waals surface area (Å²) in [5.41, 5.74) is 4.38. The van der Waals surface area contributed by atoms with Crippen LogP contribution in [-0.2, 0) is 11.2 Å². The predicted octanol–water partition coefficient (Wildman–Crippen LogP) is 2.35. The molecule has 2 aromatic heterocycles. The molecule has 2 aromatic carbocycles. The van der Waals surface area contributed by atoms with E-state index in [9.17, 15) is 4.79 Å². The maximum Gasteiger partial charge on any atom is 0.239 e. The van der Waals surface area contributed by atoms with E-state index < -0.39 is 0 Å². The summed E-state index contributed by atoms with van der Waals surface area (Å²) in [4.78, 5) is 14.6. The Morgan fingerprint density at radius 3 is 2.71 bits per heavy atom. The number of rotatable bonds is 5. The molecule has 156 valence electrons. The number of hydrogen-bond donors (Lipinski definition) is 1. The summed E-state index contributed by atoms with van der Waals surface area (Å²) < 4.78 is 6.92. The molecule has 0 bridgehead atoms. The van der Waals surface area contributed by atoms with Crippen molar-refractivity contribution in [2.45, 2.75) is 12.5 Å². The first-order valence-corrected chi connectivity index (χ1v) is 10.1. The lowest BCUT2D eigenvalue weighted by atomic mass is 10.0. The second-order valence-corrected chi connectivity index (χ2v) is 7.58. The van der Waals surface area contributed by atoms with Crippen LogP contribution in [0, 0.1) is 0 Å². The zero-order valence-corrected chi connectivity index (χ0v) is 17.1. The van der Waals surface area contributed by atoms with Crippen molar-refractivity contribution in [1.29, 1.82) is 0 Å². The molecule has 0 radical (unpaired) electrons. The topological polar surface area (TPSA) is 84.6 Å². The minimum absolute atomic E-state index is 0.00391. The summed E-state index contributed by atoms with van der Waals surface area (Å²) in [6, 6.07) is 19.9. The fourth-order valence-electron chi connectivity index (χ4n) is 3.97. The molecule has 4 aromatic rings. The number of nitrogens with one attached hydrogen (secondary N) is 1. The van der Waals surface area contributed by atoms with E-state index in [0.717, 1.165) is 29.1 Å². The molecule has 8 heteroatoms. The van der Waals surface area contributed by atoms with E-state index in [4.69, 9.17) is 4.74 Å². The fraction of sp³-hybridized carbons (Fsp3) is 0.217. The van der Waals surface area contributed by atoms with Gasteiger partial charge >= 0.3 is 0 Å². The van der Waals surface area contributed by atoms with Crippen molar-refractivity contribution in [3.05, 3.63) is 72.6 Å². The lowest BCUT2D eigenvalue weighted by Crippen LogP contribution is -2.55. The Labute approximate surface area is 179 Å². The average molecular weight is 414 g/mol. The van der Waals surface area contributed by atoms with Crippen molar-refractivity contribution in [2.24, 2.45) is 0 Å². The Morgan fingerprint density at radius 2 is 1.94 bits per heavy atom. The van der Waals surface area contributed by atoms with Crippen LogP contribution in [0.3, 0.4) is 0 Å². The van der Waals surface area contributed by atoms with Gasteiger partial charge in [-0.25, -0.2) is 0 Å². The van der Waals surface area contributed by atoms with Gasteiger partial charge in [0.1, 0.15) is 12.1 Å². The highest BCUT2D eigenvalue weighted by Crippen LogP contribution is 2.28. The van der Waals surface area contributed by atoms with E-state index in [1.54, 1.807) is 18.0 Å². The van der Waals surface area contributed by atoms with Crippen LogP contribution in [0.1, 0.15) is 5.56 Å². The first kappa shape index (κ1) is 19.0. The highest BCUT2D eigenvalue weighted by molar-refractivity contribution is 5.86. The van der Waals surface area contributed by atoms with Crippen molar-refractivity contribution in [1.82, 2.24) is 25.1 Å². The molecule has 1 amide bonds. The molecule has 1 N–H and O–H groups in total. The van der Waals surface area contributed by atoms with Crippen LogP contribution in [-0.4, -0.2) is 52.0 Å². The predicted molar refractivity (Wildman–Crippen MR) is 117 cm³/mol. The molecule has 1 aliphatic heterocycles. The Kier molecular flexibility index (Phi) is 4.95. The third-order valence-corrected chi connectivity index (χ3v) is 5.44. The number of ether oxygens (including phenoxy) is 1. The fourth-order valence-corrected chi connectivity index (χ4v) is 3.97. The molecular formula is C23H22N6O2. The number of carbonyl (C=O) groups excluding carboxylic acids is 1. The van der Waals surface area contributed by atoms with E-state index >= 15 is 0 Å². The average Bonchev–Trinajstić information content (AvgIpc) is 3.27. The van der Waals surface area contributed by atoms with Gasteiger partial charge in [-0.1, -0.05) is 30.3 Å². The first-order chi connectivity index (χ1) is 15.2. The van der Waals surface area contributed by atoms with Crippen LogP contribution < -0.4 is 15.0 Å². The van der Waals surface area contributed by atoms with Gasteiger partial charge in [-0.15, -0.1) is 10.2 Å². The second-order valence-electron chi connectivity index (χ2n) is 7.58. The van der Waals surface area contributed by atoms with Gasteiger partial charge in [0.05, 0.1) is 31.1 Å². The van der Waals surface area contributed by atoms with Gasteiger partial charge in [-0.3, -0.25) is 4.79 Å². The molecule has 1 atom stereocenters. The standard InChI is InChI=1S/C23H22N6O2/c1-31-19-9-7-17(8-10-19)20-12-21(23-26-24-15-29(23)27-20)28-13-18(25-22(30)14-28)11-16-5-3-2-4-6-16/h2-10,12,15,18H,11,13-14H2,1H3,(H,25,30)/t18-/m0/s1. The second kappa shape index (κ2) is 8.06. The van der Waals surface area contributed by atoms with Gasteiger partial charge in [-0.2, -0.15) is 9.61 Å². The van der Waals surface area contributed by atoms with Crippen LogP contribution >= 0.6 is 0 Å². The molecule has 1 saturated heterocycles. The third kappa shape index (κ3) is 3.92. The molecule has 1 aliphatic rings. The molecule has 3 heterocycles. The maximum atomic E-state index is 12.5. The third-order valence-electron chi connectivity index (χ3n) is 5.44. The molecule has 31 heavy (non-hydrogen) atoms. The smallest absolute Gasteiger partial charge is 0.239 e. The highest BCUT2D eigenvalue weighted by atomic mass is 16.5. The summed E-state index contributed by atoms with van der Waals surface area (Å²) in [6.45, 7) is 0.940. The van der Waals surface area contributed by atoms with Gasteiger partial charge < -0.3 is 15.0 Å². The number of methoxy groups -OCH3 is 1. The van der Waals surface area contributed by atoms with Crippen molar-refractivity contribution < 1.29 is 9.53 Å². The van der Waals surface area contributed by atoms with E-state index in [-0.39, 0.29) is 18.5 Å². The number of nitrogens with zero attached hydrogens (tertiary/aromatic N) is 5. The van der Waals surface area contributed by atoms with Crippen LogP contribution in [0.15, 0.2) is 67.0 Å². The SMILES string of the molecule is COc1ccc(-c2cc(N3CC(=O)N[C@@H](Cc4ccccc4)C3)c3nncn3n2)cc1. The normalized spacial score (nSPS) is 16.4. The van der Waals surface area contributed by atoms with E-state index in [1.165, 1.54) is 5.56 Å². The molecule has 0 saturated carbocycles. The van der Waals surface area contributed by atoms with Gasteiger partial charge in [0.15, 0.2) is 0 Å². The number of benzene rings is 2. The van der Waals surface area contributed by atoms with Gasteiger partial charge in [-0.05, 0) is 42.3 Å². The number of carbonyl (C=O) groups is 1. The summed E-state index contributed by atoms with van der Waals surface area (Å²) >= 11 is 0. The molecule has 1 fully saturated rings. The van der Waals surface area contributed by atoms with Gasteiger partial charge in [0.2, 0.25) is 11.6 Å². The van der Waals surface area contributed by atoms with E-state index in [2.05, 4.69) is 37.6 Å². The Balaban J connectivity index is 1.49. The lowest BCUT2D eigenvalue weighted by Gasteiger charge is -2.34. The van der Waals surface area contributed by atoms with Crippen molar-refractivity contribution in [3.8, 4) is 17.0 Å². The molecule has 0 spiro atoms. The summed E-state index contributed by atoms with van der Waals surface area (Å²) in [5.74, 6) is 0.776. The quantitative estimate of drug-likeness (QED) is 0.540. The van der Waals surface area contributed by atoms with Crippen molar-refractivity contribution in [3.63, 3.8) is 0 Å². The maximum absolute atomic E-state index is 12.5. The largest absolute Gasteiger partial charge is 0.497 e. The van der Waals surface area contributed by atoms with Gasteiger partial charge in [0.25, 0.3) is 0 Å². The van der Waals surface area contributed by atoms with E-state index in [1.807, 2.05) is 48.5 Å². The highest BCUT2D eigenvalue weighted by Gasteiger charge is 2.27. The van der Waals surface area contributed by atoms with Crippen LogP contribution in [0.2, 0.25) is 0 Å². The van der Waals surface area contributed by atoms with Crippen LogP contribution in [0.25, 0.3) is 16.9 Å². The van der Waals surface area contributed by atoms with Crippen LogP contribution in [0.5, 0.6) is 5.75 Å². The number of amides is 1. The van der Waals surface area contributed by atoms with Crippen molar-refractivity contribution >= 4 is 17.2 Å². The molecule has 0 unspecified atom stereocenters. The Morgan fingerprint density at radius 1 is 1.13 bits per heavy atom. The first-order valence-electron chi connectivity index (χ1n) is 10.1. The minimum atomic E-state index is -0.00680. The Hall–Kier alpha value is -3.94. The molecule has 5 rings (SSSR count). The number of aromatic nitrogens is 4. The number of piperazine rings is 1. The summed E-state index contributed by atoms with van der Waals surface area (Å²) in [5, 5.41) is 16.0. The number of anilines is 1. The monoisotopic (exact) mass is 414 g/mol. The van der Waals surface area contributed by atoms with Gasteiger partial charge in [0, 0.05) is 12.1 Å². The van der Waals surface area contributed by atoms with Crippen molar-refractivity contribution in [2.75, 3.05) is 25.1 Å². The molecule has 8 nitrogen and oxygen atoms in total. The summed E-state index contributed by atoms with van der Waals surface area (Å²) in [6.07, 6.45) is 2.35. The number of fused-ring (bicyclic) bond motifs is 1. The van der Waals surface area contributed by atoms with E-state index in [0.29, 0.717) is 12.2 Å². The zero-order chi connectivity index (χ0) is 21.2. The Bertz CT molecular complexity index is 1210. The zero-order valence-electron chi connectivity index (χ0n) is 17.1. The molecular weight excluding hydrogens is 392 g/mol. The molecule has 0 aliphatic carbocycles. The minimum Gasteiger partial charge on any atom is -0.497 e.